The van der Waals surface area contributed by atoms with Crippen molar-refractivity contribution in [3.05, 3.63) is 53.6 Å². The van der Waals surface area contributed by atoms with E-state index in [0.29, 0.717) is 6.92 Å². The third-order valence-electron chi connectivity index (χ3n) is 3.80. The quantitative estimate of drug-likeness (QED) is 0.703. The summed E-state index contributed by atoms with van der Waals surface area (Å²) >= 11 is 0. The predicted molar refractivity (Wildman–Crippen MR) is 86.3 cm³/mol. The van der Waals surface area contributed by atoms with Gasteiger partial charge in [-0.25, -0.2) is 13.8 Å². The van der Waals surface area contributed by atoms with Crippen molar-refractivity contribution in [2.75, 3.05) is 0 Å². The average molecular weight is 366 g/mol. The minimum absolute atomic E-state index is 0.0529. The summed E-state index contributed by atoms with van der Waals surface area (Å²) < 4.78 is 55.1. The molecule has 9 heteroatoms. The van der Waals surface area contributed by atoms with Gasteiger partial charge in [-0.1, -0.05) is 6.07 Å². The summed E-state index contributed by atoms with van der Waals surface area (Å²) in [5, 5.41) is 0.142. The normalized spacial score (nSPS) is 12.1. The standard InChI is InChI=1S/C17H14F4N4O/c1-17(20,21)13-3-2-4-15(24-13)25-8-11(16(18)19)10-7-23-9(5-12(10)25)6-14(22)26/h2-5,7-8,16H,6H2,1H3,(H2,22,26). The minimum atomic E-state index is -3.18. The second kappa shape index (κ2) is 6.40. The van der Waals surface area contributed by atoms with Crippen molar-refractivity contribution in [1.82, 2.24) is 14.5 Å². The zero-order valence-electron chi connectivity index (χ0n) is 13.6. The Hall–Kier alpha value is -2.97. The molecule has 136 valence electrons. The van der Waals surface area contributed by atoms with Gasteiger partial charge in [-0.15, -0.1) is 0 Å². The van der Waals surface area contributed by atoms with Gasteiger partial charge < -0.3 is 10.3 Å². The Morgan fingerprint density at radius 1 is 1.35 bits per heavy atom. The molecule has 0 spiro atoms. The summed E-state index contributed by atoms with van der Waals surface area (Å²) in [5.74, 6) is -3.75. The van der Waals surface area contributed by atoms with E-state index in [0.717, 1.165) is 12.3 Å². The number of pyridine rings is 2. The number of hydrogen-bond acceptors (Lipinski definition) is 3. The topological polar surface area (TPSA) is 73.8 Å². The second-order valence-electron chi connectivity index (χ2n) is 5.86. The number of carbonyl (C=O) groups is 1. The lowest BCUT2D eigenvalue weighted by Gasteiger charge is -2.12. The molecule has 0 aromatic carbocycles. The fourth-order valence-corrected chi connectivity index (χ4v) is 2.63. The molecule has 0 saturated heterocycles. The van der Waals surface area contributed by atoms with Crippen LogP contribution < -0.4 is 5.73 Å². The van der Waals surface area contributed by atoms with Crippen LogP contribution in [0.25, 0.3) is 16.7 Å². The molecule has 1 amide bonds. The number of rotatable bonds is 5. The van der Waals surface area contributed by atoms with Crippen LogP contribution in [0.2, 0.25) is 0 Å². The molecule has 26 heavy (non-hydrogen) atoms. The number of aromatic nitrogens is 3. The maximum Gasteiger partial charge on any atom is 0.287 e. The van der Waals surface area contributed by atoms with Crippen LogP contribution in [0.4, 0.5) is 17.6 Å². The Morgan fingerprint density at radius 2 is 2.08 bits per heavy atom. The first-order valence-corrected chi connectivity index (χ1v) is 7.59. The fraction of sp³-hybridized carbons (Fsp3) is 0.235. The molecule has 0 aliphatic carbocycles. The van der Waals surface area contributed by atoms with Crippen molar-refractivity contribution in [2.24, 2.45) is 5.73 Å². The summed E-state index contributed by atoms with van der Waals surface area (Å²) in [6.45, 7) is 0.701. The highest BCUT2D eigenvalue weighted by Crippen LogP contribution is 2.32. The van der Waals surface area contributed by atoms with Gasteiger partial charge in [0, 0.05) is 30.3 Å². The maximum atomic E-state index is 13.6. The van der Waals surface area contributed by atoms with Crippen molar-refractivity contribution in [1.29, 1.82) is 0 Å². The Labute approximate surface area is 145 Å². The first-order valence-electron chi connectivity index (χ1n) is 7.59. The number of amides is 1. The third-order valence-corrected chi connectivity index (χ3v) is 3.80. The van der Waals surface area contributed by atoms with Crippen LogP contribution in [0.15, 0.2) is 36.7 Å². The van der Waals surface area contributed by atoms with Crippen molar-refractivity contribution < 1.29 is 22.4 Å². The minimum Gasteiger partial charge on any atom is -0.369 e. The molecule has 3 aromatic heterocycles. The van der Waals surface area contributed by atoms with E-state index in [-0.39, 0.29) is 34.4 Å². The highest BCUT2D eigenvalue weighted by molar-refractivity contribution is 5.86. The van der Waals surface area contributed by atoms with Crippen molar-refractivity contribution in [3.63, 3.8) is 0 Å². The first kappa shape index (κ1) is 17.8. The van der Waals surface area contributed by atoms with Gasteiger partial charge in [0.25, 0.3) is 12.3 Å². The van der Waals surface area contributed by atoms with Gasteiger partial charge in [0.1, 0.15) is 11.5 Å². The van der Waals surface area contributed by atoms with Gasteiger partial charge in [-0.05, 0) is 18.2 Å². The zero-order chi connectivity index (χ0) is 19.1. The molecular weight excluding hydrogens is 352 g/mol. The predicted octanol–water partition coefficient (Wildman–Crippen LogP) is 3.50. The summed E-state index contributed by atoms with van der Waals surface area (Å²) in [6.07, 6.45) is -0.626. The summed E-state index contributed by atoms with van der Waals surface area (Å²) in [7, 11) is 0. The lowest BCUT2D eigenvalue weighted by Crippen LogP contribution is -2.14. The number of hydrogen-bond donors (Lipinski definition) is 1. The number of nitrogens with zero attached hydrogens (tertiary/aromatic N) is 3. The lowest BCUT2D eigenvalue weighted by atomic mass is 10.2. The van der Waals surface area contributed by atoms with Gasteiger partial charge in [-0.2, -0.15) is 8.78 Å². The Bertz CT molecular complexity index is 979. The Morgan fingerprint density at radius 3 is 2.69 bits per heavy atom. The Kier molecular flexibility index (Phi) is 4.39. The van der Waals surface area contributed by atoms with Gasteiger partial charge in [0.2, 0.25) is 5.91 Å². The van der Waals surface area contributed by atoms with Gasteiger partial charge in [-0.3, -0.25) is 9.78 Å². The molecule has 0 fully saturated rings. The van der Waals surface area contributed by atoms with Gasteiger partial charge in [0.15, 0.2) is 0 Å². The molecule has 0 atom stereocenters. The van der Waals surface area contributed by atoms with Crippen LogP contribution in [0, 0.1) is 0 Å². The molecular formula is C17H14F4N4O. The monoisotopic (exact) mass is 366 g/mol. The molecule has 3 aromatic rings. The Balaban J connectivity index is 2.23. The molecule has 3 heterocycles. The first-order chi connectivity index (χ1) is 12.2. The maximum absolute atomic E-state index is 13.6. The number of carbonyl (C=O) groups excluding carboxylic acids is 1. The van der Waals surface area contributed by atoms with E-state index in [1.165, 1.54) is 29.0 Å². The molecule has 5 nitrogen and oxygen atoms in total. The van der Waals surface area contributed by atoms with E-state index < -0.39 is 23.9 Å². The molecule has 0 aliphatic rings. The van der Waals surface area contributed by atoms with Crippen LogP contribution in [0.3, 0.4) is 0 Å². The summed E-state index contributed by atoms with van der Waals surface area (Å²) in [4.78, 5) is 18.9. The third kappa shape index (κ3) is 3.37. The average Bonchev–Trinajstić information content (AvgIpc) is 2.92. The number of primary amides is 1. The van der Waals surface area contributed by atoms with E-state index in [1.54, 1.807) is 0 Å². The lowest BCUT2D eigenvalue weighted by molar-refractivity contribution is -0.117. The molecule has 0 saturated carbocycles. The number of nitrogens with two attached hydrogens (primary N) is 1. The zero-order valence-corrected chi connectivity index (χ0v) is 13.6. The highest BCUT2D eigenvalue weighted by atomic mass is 19.3. The van der Waals surface area contributed by atoms with E-state index in [9.17, 15) is 22.4 Å². The van der Waals surface area contributed by atoms with Gasteiger partial charge >= 0.3 is 0 Å². The molecule has 0 bridgehead atoms. The molecule has 0 radical (unpaired) electrons. The van der Waals surface area contributed by atoms with Crippen LogP contribution >= 0.6 is 0 Å². The van der Waals surface area contributed by atoms with E-state index in [4.69, 9.17) is 5.73 Å². The van der Waals surface area contributed by atoms with Crippen LogP contribution in [0.1, 0.15) is 30.3 Å². The number of halogens is 4. The van der Waals surface area contributed by atoms with E-state index in [2.05, 4.69) is 9.97 Å². The summed E-state index contributed by atoms with van der Waals surface area (Å²) in [6, 6.07) is 5.38. The SMILES string of the molecule is CC(F)(F)c1cccc(-n2cc(C(F)F)c3cnc(CC(N)=O)cc32)n1. The van der Waals surface area contributed by atoms with Crippen molar-refractivity contribution in [3.8, 4) is 5.82 Å². The molecule has 0 aliphatic heterocycles. The number of fused-ring (bicyclic) bond motifs is 1. The smallest absolute Gasteiger partial charge is 0.287 e. The van der Waals surface area contributed by atoms with Crippen LogP contribution in [0.5, 0.6) is 0 Å². The van der Waals surface area contributed by atoms with E-state index >= 15 is 0 Å². The molecule has 3 rings (SSSR count). The van der Waals surface area contributed by atoms with Gasteiger partial charge in [0.05, 0.1) is 17.6 Å². The fourth-order valence-electron chi connectivity index (χ4n) is 2.63. The molecule has 0 unspecified atom stereocenters. The van der Waals surface area contributed by atoms with Crippen LogP contribution in [-0.2, 0) is 17.1 Å². The van der Waals surface area contributed by atoms with E-state index in [1.807, 2.05) is 0 Å². The van der Waals surface area contributed by atoms with Crippen molar-refractivity contribution in [2.45, 2.75) is 25.7 Å². The summed E-state index contributed by atoms with van der Waals surface area (Å²) in [5.41, 5.74) is 4.90. The second-order valence-corrected chi connectivity index (χ2v) is 5.86. The van der Waals surface area contributed by atoms with Crippen molar-refractivity contribution >= 4 is 16.8 Å². The van der Waals surface area contributed by atoms with Crippen LogP contribution in [-0.4, -0.2) is 20.4 Å². The number of alkyl halides is 4. The largest absolute Gasteiger partial charge is 0.369 e. The molecule has 2 N–H and O–H groups in total. The highest BCUT2D eigenvalue weighted by Gasteiger charge is 2.27.